The summed E-state index contributed by atoms with van der Waals surface area (Å²) in [4.78, 5) is 20.1. The molecular formula is C22H21N5O4. The number of hydrogen-bond donors (Lipinski definition) is 1. The second-order valence-corrected chi connectivity index (χ2v) is 7.43. The molecule has 1 saturated carbocycles. The molecule has 1 fully saturated rings. The van der Waals surface area contributed by atoms with Crippen LogP contribution in [0.5, 0.6) is 11.7 Å². The molecule has 0 amide bonds. The van der Waals surface area contributed by atoms with Gasteiger partial charge in [0.2, 0.25) is 5.76 Å². The van der Waals surface area contributed by atoms with E-state index in [0.717, 1.165) is 35.1 Å². The van der Waals surface area contributed by atoms with E-state index in [4.69, 9.17) is 20.0 Å². The lowest BCUT2D eigenvalue weighted by atomic mass is 10.1. The number of nitrogens with zero attached hydrogens (tertiary/aromatic N) is 4. The van der Waals surface area contributed by atoms with Crippen LogP contribution < -0.4 is 10.5 Å². The van der Waals surface area contributed by atoms with Gasteiger partial charge in [0, 0.05) is 11.6 Å². The lowest BCUT2D eigenvalue weighted by Crippen LogP contribution is -2.07. The number of furan rings is 1. The first-order valence-electron chi connectivity index (χ1n) is 10.1. The van der Waals surface area contributed by atoms with E-state index in [2.05, 4.69) is 14.7 Å². The maximum absolute atomic E-state index is 11.5. The van der Waals surface area contributed by atoms with Crippen LogP contribution in [0.4, 0.5) is 5.82 Å². The molecule has 158 valence electrons. The van der Waals surface area contributed by atoms with Crippen molar-refractivity contribution in [2.24, 2.45) is 0 Å². The predicted octanol–water partition coefficient (Wildman–Crippen LogP) is 4.36. The van der Waals surface area contributed by atoms with Crippen molar-refractivity contribution < 1.29 is 18.7 Å². The van der Waals surface area contributed by atoms with Crippen LogP contribution in [0, 0.1) is 0 Å². The Morgan fingerprint density at radius 1 is 1.13 bits per heavy atom. The molecule has 0 bridgehead atoms. The zero-order valence-corrected chi connectivity index (χ0v) is 16.9. The highest BCUT2D eigenvalue weighted by molar-refractivity contribution is 5.98. The Morgan fingerprint density at radius 2 is 1.90 bits per heavy atom. The Kier molecular flexibility index (Phi) is 4.78. The summed E-state index contributed by atoms with van der Waals surface area (Å²) in [7, 11) is 1.29. The molecule has 1 aromatic carbocycles. The molecule has 0 saturated heterocycles. The molecule has 3 heterocycles. The molecule has 0 atom stereocenters. The van der Waals surface area contributed by atoms with Crippen molar-refractivity contribution in [1.29, 1.82) is 0 Å². The average Bonchev–Trinajstić information content (AvgIpc) is 3.54. The molecule has 4 aromatic rings. The number of ether oxygens (including phenoxy) is 2. The number of aromatic nitrogens is 4. The third-order valence-corrected chi connectivity index (χ3v) is 5.50. The number of nitrogen functional groups attached to an aromatic ring is 1. The fourth-order valence-corrected chi connectivity index (χ4v) is 3.98. The van der Waals surface area contributed by atoms with Gasteiger partial charge >= 0.3 is 5.97 Å². The molecule has 2 N–H and O–H groups in total. The van der Waals surface area contributed by atoms with Gasteiger partial charge in [0.1, 0.15) is 23.6 Å². The van der Waals surface area contributed by atoms with Crippen molar-refractivity contribution in [2.45, 2.75) is 31.7 Å². The molecule has 3 aromatic heterocycles. The molecule has 31 heavy (non-hydrogen) atoms. The summed E-state index contributed by atoms with van der Waals surface area (Å²) in [5.74, 6) is 0.679. The normalized spacial score (nSPS) is 14.2. The van der Waals surface area contributed by atoms with Gasteiger partial charge in [-0.25, -0.2) is 19.4 Å². The first-order chi connectivity index (χ1) is 15.1. The Hall–Kier alpha value is -3.88. The van der Waals surface area contributed by atoms with Crippen molar-refractivity contribution in [1.82, 2.24) is 19.7 Å². The Bertz CT molecular complexity index is 1240. The average molecular weight is 419 g/mol. The Labute approximate surface area is 177 Å². The fraction of sp³-hybridized carbons (Fsp3) is 0.273. The van der Waals surface area contributed by atoms with E-state index in [1.54, 1.807) is 18.2 Å². The summed E-state index contributed by atoms with van der Waals surface area (Å²) in [5, 5.41) is 5.63. The van der Waals surface area contributed by atoms with E-state index in [1.807, 2.05) is 16.8 Å². The van der Waals surface area contributed by atoms with Crippen molar-refractivity contribution in [3.63, 3.8) is 0 Å². The summed E-state index contributed by atoms with van der Waals surface area (Å²) in [6.07, 6.45) is 6.04. The lowest BCUT2D eigenvalue weighted by molar-refractivity contribution is 0.0560. The monoisotopic (exact) mass is 419 g/mol. The molecule has 9 heteroatoms. The first kappa shape index (κ1) is 19.1. The van der Waals surface area contributed by atoms with E-state index in [-0.39, 0.29) is 11.7 Å². The van der Waals surface area contributed by atoms with Crippen molar-refractivity contribution in [3.05, 3.63) is 48.5 Å². The van der Waals surface area contributed by atoms with Gasteiger partial charge in [-0.3, -0.25) is 0 Å². The smallest absolute Gasteiger partial charge is 0.374 e. The molecule has 0 radical (unpaired) electrons. The molecule has 9 nitrogen and oxygen atoms in total. The number of rotatable bonds is 5. The number of fused-ring (bicyclic) bond motifs is 1. The van der Waals surface area contributed by atoms with Gasteiger partial charge in [-0.1, -0.05) is 12.8 Å². The van der Waals surface area contributed by atoms with E-state index >= 15 is 0 Å². The number of carbonyl (C=O) groups is 1. The third-order valence-electron chi connectivity index (χ3n) is 5.50. The summed E-state index contributed by atoms with van der Waals surface area (Å²) in [6, 6.07) is 10.8. The van der Waals surface area contributed by atoms with Crippen LogP contribution in [0.25, 0.3) is 22.3 Å². The second kappa shape index (κ2) is 7.75. The van der Waals surface area contributed by atoms with Crippen LogP contribution in [0.1, 0.15) is 42.3 Å². The Morgan fingerprint density at radius 3 is 2.65 bits per heavy atom. The van der Waals surface area contributed by atoms with Crippen LogP contribution in [-0.2, 0) is 4.74 Å². The predicted molar refractivity (Wildman–Crippen MR) is 113 cm³/mol. The minimum absolute atomic E-state index is 0.0773. The fourth-order valence-electron chi connectivity index (χ4n) is 3.98. The Balaban J connectivity index is 1.46. The third kappa shape index (κ3) is 3.48. The molecular weight excluding hydrogens is 398 g/mol. The van der Waals surface area contributed by atoms with Gasteiger partial charge in [-0.05, 0) is 43.2 Å². The van der Waals surface area contributed by atoms with Crippen LogP contribution in [0.15, 0.2) is 47.1 Å². The topological polar surface area (TPSA) is 118 Å². The van der Waals surface area contributed by atoms with Crippen LogP contribution in [-0.4, -0.2) is 32.8 Å². The molecule has 0 aliphatic heterocycles. The van der Waals surface area contributed by atoms with E-state index in [0.29, 0.717) is 17.6 Å². The van der Waals surface area contributed by atoms with Crippen molar-refractivity contribution in [2.75, 3.05) is 12.8 Å². The molecule has 1 aliphatic rings. The lowest BCUT2D eigenvalue weighted by Gasteiger charge is -2.10. The quantitative estimate of drug-likeness (QED) is 0.474. The first-order valence-corrected chi connectivity index (χ1v) is 10.1. The SMILES string of the molecule is COC(=O)c1ccc(Oc2ccc(-c3nn(C4CCCC4)c4ncnc(N)c34)cc2)o1. The molecule has 0 spiro atoms. The van der Waals surface area contributed by atoms with E-state index < -0.39 is 5.97 Å². The number of methoxy groups -OCH3 is 1. The standard InChI is InChI=1S/C22H21N5O4/c1-29-22(28)16-10-11-17(31-16)30-15-8-6-13(7-9-15)19-18-20(23)24-12-25-21(18)27(26-19)14-4-2-3-5-14/h6-12,14H,2-5H2,1H3,(H2,23,24,25). The maximum atomic E-state index is 11.5. The van der Waals surface area contributed by atoms with Gasteiger partial charge in [0.15, 0.2) is 5.65 Å². The number of nitrogens with two attached hydrogens (primary N) is 1. The van der Waals surface area contributed by atoms with E-state index in [1.165, 1.54) is 32.3 Å². The summed E-state index contributed by atoms with van der Waals surface area (Å²) < 4.78 is 17.7. The number of benzene rings is 1. The zero-order valence-electron chi connectivity index (χ0n) is 16.9. The number of anilines is 1. The zero-order chi connectivity index (χ0) is 21.4. The largest absolute Gasteiger partial charge is 0.463 e. The highest BCUT2D eigenvalue weighted by Crippen LogP contribution is 2.37. The highest BCUT2D eigenvalue weighted by Gasteiger charge is 2.24. The minimum Gasteiger partial charge on any atom is -0.463 e. The van der Waals surface area contributed by atoms with Gasteiger partial charge in [-0.15, -0.1) is 0 Å². The number of hydrogen-bond acceptors (Lipinski definition) is 8. The molecule has 5 rings (SSSR count). The summed E-state index contributed by atoms with van der Waals surface area (Å²) >= 11 is 0. The summed E-state index contributed by atoms with van der Waals surface area (Å²) in [6.45, 7) is 0. The van der Waals surface area contributed by atoms with Crippen molar-refractivity contribution >= 4 is 22.8 Å². The minimum atomic E-state index is -0.560. The number of esters is 1. The maximum Gasteiger partial charge on any atom is 0.374 e. The van der Waals surface area contributed by atoms with Gasteiger partial charge < -0.3 is 19.6 Å². The molecule has 0 unspecified atom stereocenters. The summed E-state index contributed by atoms with van der Waals surface area (Å²) in [5.41, 5.74) is 8.59. The highest BCUT2D eigenvalue weighted by atomic mass is 16.6. The van der Waals surface area contributed by atoms with Gasteiger partial charge in [0.05, 0.1) is 18.5 Å². The molecule has 1 aliphatic carbocycles. The van der Waals surface area contributed by atoms with Gasteiger partial charge in [0.25, 0.3) is 5.95 Å². The van der Waals surface area contributed by atoms with Crippen LogP contribution >= 0.6 is 0 Å². The van der Waals surface area contributed by atoms with Gasteiger partial charge in [-0.2, -0.15) is 5.10 Å². The second-order valence-electron chi connectivity index (χ2n) is 7.43. The van der Waals surface area contributed by atoms with Crippen LogP contribution in [0.3, 0.4) is 0 Å². The number of carbonyl (C=O) groups excluding carboxylic acids is 1. The van der Waals surface area contributed by atoms with E-state index in [9.17, 15) is 4.79 Å². The van der Waals surface area contributed by atoms with Crippen LogP contribution in [0.2, 0.25) is 0 Å². The van der Waals surface area contributed by atoms with Crippen molar-refractivity contribution in [3.8, 4) is 23.0 Å².